The quantitative estimate of drug-likeness (QED) is 0.516. The summed E-state index contributed by atoms with van der Waals surface area (Å²) in [4.78, 5) is 12.4. The van der Waals surface area contributed by atoms with Gasteiger partial charge in [-0.1, -0.05) is 53.5 Å². The van der Waals surface area contributed by atoms with Gasteiger partial charge in [0.2, 0.25) is 0 Å². The van der Waals surface area contributed by atoms with Crippen LogP contribution in [0.2, 0.25) is 10.0 Å². The van der Waals surface area contributed by atoms with E-state index >= 15 is 0 Å². The number of carbonyl (C=O) groups excluding carboxylic acids is 1. The SMILES string of the molecule is CC(Oc1ccc(Cl)cc1Cl)C(=O)Nc1ccc(OCc2ccccc2)cc1. The first-order valence-corrected chi connectivity index (χ1v) is 9.46. The Morgan fingerprint density at radius 2 is 1.71 bits per heavy atom. The van der Waals surface area contributed by atoms with Crippen LogP contribution in [0.15, 0.2) is 72.8 Å². The molecule has 6 heteroatoms. The van der Waals surface area contributed by atoms with Crippen LogP contribution in [0.3, 0.4) is 0 Å². The third kappa shape index (κ3) is 5.65. The summed E-state index contributed by atoms with van der Waals surface area (Å²) >= 11 is 11.9. The lowest BCUT2D eigenvalue weighted by Gasteiger charge is -2.16. The first-order chi connectivity index (χ1) is 13.5. The molecule has 0 bridgehead atoms. The van der Waals surface area contributed by atoms with Gasteiger partial charge in [0.15, 0.2) is 6.10 Å². The van der Waals surface area contributed by atoms with E-state index in [-0.39, 0.29) is 5.91 Å². The number of nitrogens with one attached hydrogen (secondary N) is 1. The first-order valence-electron chi connectivity index (χ1n) is 8.70. The Hall–Kier alpha value is -2.69. The van der Waals surface area contributed by atoms with Gasteiger partial charge in [0.1, 0.15) is 18.1 Å². The maximum atomic E-state index is 12.4. The maximum Gasteiger partial charge on any atom is 0.265 e. The van der Waals surface area contributed by atoms with Gasteiger partial charge < -0.3 is 14.8 Å². The number of amides is 1. The number of hydrogen-bond acceptors (Lipinski definition) is 3. The van der Waals surface area contributed by atoms with Crippen molar-refractivity contribution in [3.05, 3.63) is 88.4 Å². The number of benzene rings is 3. The average molecular weight is 416 g/mol. The molecule has 0 spiro atoms. The molecule has 3 rings (SSSR count). The first kappa shape index (κ1) is 20.1. The number of hydrogen-bond donors (Lipinski definition) is 1. The summed E-state index contributed by atoms with van der Waals surface area (Å²) in [6, 6.07) is 21.9. The summed E-state index contributed by atoms with van der Waals surface area (Å²) in [6.45, 7) is 2.14. The van der Waals surface area contributed by atoms with Crippen LogP contribution in [0.1, 0.15) is 12.5 Å². The van der Waals surface area contributed by atoms with Crippen molar-refractivity contribution in [3.63, 3.8) is 0 Å². The molecule has 0 heterocycles. The number of carbonyl (C=O) groups is 1. The van der Waals surface area contributed by atoms with Crippen molar-refractivity contribution in [2.75, 3.05) is 5.32 Å². The molecule has 144 valence electrons. The van der Waals surface area contributed by atoms with E-state index in [1.54, 1.807) is 49.4 Å². The standard InChI is InChI=1S/C22H19Cl2NO3/c1-15(28-21-12-7-17(23)13-20(21)24)22(26)25-18-8-10-19(11-9-18)27-14-16-5-3-2-4-6-16/h2-13,15H,14H2,1H3,(H,25,26). The van der Waals surface area contributed by atoms with Crippen LogP contribution in [0, 0.1) is 0 Å². The maximum absolute atomic E-state index is 12.4. The molecule has 28 heavy (non-hydrogen) atoms. The van der Waals surface area contributed by atoms with Crippen LogP contribution in [-0.2, 0) is 11.4 Å². The van der Waals surface area contributed by atoms with Crippen LogP contribution >= 0.6 is 23.2 Å². The van der Waals surface area contributed by atoms with Crippen molar-refractivity contribution in [3.8, 4) is 11.5 Å². The fraction of sp³-hybridized carbons (Fsp3) is 0.136. The summed E-state index contributed by atoms with van der Waals surface area (Å²) in [5.41, 5.74) is 1.74. The van der Waals surface area contributed by atoms with Gasteiger partial charge in [-0.2, -0.15) is 0 Å². The molecule has 1 atom stereocenters. The summed E-state index contributed by atoms with van der Waals surface area (Å²) in [7, 11) is 0. The fourth-order valence-electron chi connectivity index (χ4n) is 2.43. The van der Waals surface area contributed by atoms with Crippen LogP contribution < -0.4 is 14.8 Å². The largest absolute Gasteiger partial charge is 0.489 e. The number of halogens is 2. The van der Waals surface area contributed by atoms with E-state index in [0.29, 0.717) is 28.1 Å². The van der Waals surface area contributed by atoms with Crippen molar-refractivity contribution in [1.29, 1.82) is 0 Å². The third-order valence-corrected chi connectivity index (χ3v) is 4.47. The van der Waals surface area contributed by atoms with Crippen molar-refractivity contribution >= 4 is 34.8 Å². The molecule has 0 aliphatic carbocycles. The highest BCUT2D eigenvalue weighted by Crippen LogP contribution is 2.28. The predicted octanol–water partition coefficient (Wildman–Crippen LogP) is 5.98. The van der Waals surface area contributed by atoms with E-state index in [0.717, 1.165) is 11.3 Å². The van der Waals surface area contributed by atoms with E-state index < -0.39 is 6.10 Å². The van der Waals surface area contributed by atoms with E-state index in [9.17, 15) is 4.79 Å². The molecular weight excluding hydrogens is 397 g/mol. The van der Waals surface area contributed by atoms with E-state index in [2.05, 4.69) is 5.32 Å². The molecule has 3 aromatic rings. The van der Waals surface area contributed by atoms with Crippen molar-refractivity contribution in [2.45, 2.75) is 19.6 Å². The minimum Gasteiger partial charge on any atom is -0.489 e. The number of rotatable bonds is 7. The van der Waals surface area contributed by atoms with Crippen LogP contribution in [0.4, 0.5) is 5.69 Å². The zero-order valence-corrected chi connectivity index (χ0v) is 16.7. The second-order valence-electron chi connectivity index (χ2n) is 6.12. The Bertz CT molecular complexity index is 930. The Morgan fingerprint density at radius 1 is 1.00 bits per heavy atom. The Labute approximate surface area is 174 Å². The van der Waals surface area contributed by atoms with Gasteiger partial charge in [-0.3, -0.25) is 4.79 Å². The normalized spacial score (nSPS) is 11.5. The average Bonchev–Trinajstić information content (AvgIpc) is 2.70. The highest BCUT2D eigenvalue weighted by atomic mass is 35.5. The van der Waals surface area contributed by atoms with Gasteiger partial charge in [0.05, 0.1) is 5.02 Å². The van der Waals surface area contributed by atoms with Gasteiger partial charge in [-0.15, -0.1) is 0 Å². The Morgan fingerprint density at radius 3 is 2.39 bits per heavy atom. The molecule has 3 aromatic carbocycles. The highest BCUT2D eigenvalue weighted by molar-refractivity contribution is 6.35. The van der Waals surface area contributed by atoms with E-state index in [1.807, 2.05) is 30.3 Å². The lowest BCUT2D eigenvalue weighted by Crippen LogP contribution is -2.30. The second-order valence-corrected chi connectivity index (χ2v) is 6.97. The summed E-state index contributed by atoms with van der Waals surface area (Å²) in [5, 5.41) is 3.66. The molecule has 0 aliphatic rings. The molecule has 1 unspecified atom stereocenters. The van der Waals surface area contributed by atoms with Gasteiger partial charge in [0, 0.05) is 10.7 Å². The molecule has 0 fully saturated rings. The summed E-state index contributed by atoms with van der Waals surface area (Å²) < 4.78 is 11.4. The van der Waals surface area contributed by atoms with Gasteiger partial charge in [-0.25, -0.2) is 0 Å². The Balaban J connectivity index is 1.53. The summed E-state index contributed by atoms with van der Waals surface area (Å²) in [5.74, 6) is 0.835. The van der Waals surface area contributed by atoms with E-state index in [4.69, 9.17) is 32.7 Å². The van der Waals surface area contributed by atoms with Crippen LogP contribution in [-0.4, -0.2) is 12.0 Å². The number of anilines is 1. The zero-order valence-electron chi connectivity index (χ0n) is 15.2. The molecule has 4 nitrogen and oxygen atoms in total. The van der Waals surface area contributed by atoms with Gasteiger partial charge >= 0.3 is 0 Å². The second kappa shape index (κ2) is 9.49. The van der Waals surface area contributed by atoms with Gasteiger partial charge in [-0.05, 0) is 55.0 Å². The van der Waals surface area contributed by atoms with Crippen LogP contribution in [0.5, 0.6) is 11.5 Å². The minimum atomic E-state index is -0.729. The molecule has 0 aliphatic heterocycles. The molecule has 0 radical (unpaired) electrons. The number of ether oxygens (including phenoxy) is 2. The predicted molar refractivity (Wildman–Crippen MR) is 112 cm³/mol. The van der Waals surface area contributed by atoms with E-state index in [1.165, 1.54) is 0 Å². The Kier molecular flexibility index (Phi) is 6.80. The lowest BCUT2D eigenvalue weighted by molar-refractivity contribution is -0.122. The van der Waals surface area contributed by atoms with Gasteiger partial charge in [0.25, 0.3) is 5.91 Å². The van der Waals surface area contributed by atoms with Crippen molar-refractivity contribution in [1.82, 2.24) is 0 Å². The topological polar surface area (TPSA) is 47.6 Å². The minimum absolute atomic E-state index is 0.288. The molecule has 1 amide bonds. The molecule has 0 saturated heterocycles. The summed E-state index contributed by atoms with van der Waals surface area (Å²) in [6.07, 6.45) is -0.729. The smallest absolute Gasteiger partial charge is 0.265 e. The molecule has 0 saturated carbocycles. The highest BCUT2D eigenvalue weighted by Gasteiger charge is 2.16. The monoisotopic (exact) mass is 415 g/mol. The lowest BCUT2D eigenvalue weighted by atomic mass is 10.2. The molecule has 1 N–H and O–H groups in total. The molecular formula is C22H19Cl2NO3. The van der Waals surface area contributed by atoms with Crippen molar-refractivity contribution in [2.24, 2.45) is 0 Å². The third-order valence-electron chi connectivity index (χ3n) is 3.94. The fourth-order valence-corrected chi connectivity index (χ4v) is 2.89. The van der Waals surface area contributed by atoms with Crippen LogP contribution in [0.25, 0.3) is 0 Å². The van der Waals surface area contributed by atoms with Crippen molar-refractivity contribution < 1.29 is 14.3 Å². The molecule has 0 aromatic heterocycles. The zero-order chi connectivity index (χ0) is 19.9.